The van der Waals surface area contributed by atoms with Crippen LogP contribution in [-0.4, -0.2) is 17.1 Å². The first-order valence-electron chi connectivity index (χ1n) is 4.34. The highest BCUT2D eigenvalue weighted by molar-refractivity contribution is 5.85. The minimum atomic E-state index is -0.752. The molecule has 0 unspecified atom stereocenters. The van der Waals surface area contributed by atoms with Gasteiger partial charge in [0.25, 0.3) is 0 Å². The highest BCUT2D eigenvalue weighted by Gasteiger charge is 2.12. The largest absolute Gasteiger partial charge is 0.481 e. The number of aliphatic carboxylic acids is 1. The van der Waals surface area contributed by atoms with E-state index >= 15 is 0 Å². The smallest absolute Gasteiger partial charge is 0.307 e. The number of hydrogen-bond donors (Lipinski definition) is 2. The summed E-state index contributed by atoms with van der Waals surface area (Å²) in [5.74, 6) is -0.752. The van der Waals surface area contributed by atoms with Crippen LogP contribution in [0.25, 0.3) is 0 Å². The van der Waals surface area contributed by atoms with E-state index in [0.29, 0.717) is 6.04 Å². The van der Waals surface area contributed by atoms with E-state index in [9.17, 15) is 4.79 Å². The van der Waals surface area contributed by atoms with Crippen molar-refractivity contribution < 1.29 is 9.90 Å². The van der Waals surface area contributed by atoms with Crippen molar-refractivity contribution in [2.45, 2.75) is 38.1 Å². The van der Waals surface area contributed by atoms with Crippen LogP contribution in [0.15, 0.2) is 11.6 Å². The standard InChI is InChI=1S/C9H15NO2.ClH/c10-8-4-1-7(2-5-8)3-6-9(11)12;/h3,8H,1-2,4-6,10H2,(H,11,12);1H. The van der Waals surface area contributed by atoms with Crippen molar-refractivity contribution in [1.82, 2.24) is 0 Å². The van der Waals surface area contributed by atoms with Crippen LogP contribution in [0.4, 0.5) is 0 Å². The number of hydrogen-bond acceptors (Lipinski definition) is 2. The van der Waals surface area contributed by atoms with Gasteiger partial charge in [-0.1, -0.05) is 11.6 Å². The average Bonchev–Trinajstić information content (AvgIpc) is 2.03. The molecule has 0 aromatic heterocycles. The fourth-order valence-corrected chi connectivity index (χ4v) is 1.45. The highest BCUT2D eigenvalue weighted by Crippen LogP contribution is 2.22. The molecule has 0 amide bonds. The van der Waals surface area contributed by atoms with Gasteiger partial charge in [0.15, 0.2) is 0 Å². The van der Waals surface area contributed by atoms with Crippen molar-refractivity contribution in [2.75, 3.05) is 0 Å². The predicted octanol–water partition coefficient (Wildman–Crippen LogP) is 1.71. The zero-order valence-electron chi connectivity index (χ0n) is 7.53. The first-order valence-corrected chi connectivity index (χ1v) is 4.34. The van der Waals surface area contributed by atoms with E-state index in [1.807, 2.05) is 6.08 Å². The number of allylic oxidation sites excluding steroid dienone is 1. The van der Waals surface area contributed by atoms with Gasteiger partial charge in [-0.15, -0.1) is 12.4 Å². The van der Waals surface area contributed by atoms with Gasteiger partial charge >= 0.3 is 5.97 Å². The summed E-state index contributed by atoms with van der Waals surface area (Å²) in [5, 5.41) is 8.43. The number of carbonyl (C=O) groups is 1. The lowest BCUT2D eigenvalue weighted by atomic mass is 9.91. The van der Waals surface area contributed by atoms with E-state index in [4.69, 9.17) is 10.8 Å². The van der Waals surface area contributed by atoms with Gasteiger partial charge in [-0.05, 0) is 25.7 Å². The maximum absolute atomic E-state index is 10.2. The Hall–Kier alpha value is -0.540. The van der Waals surface area contributed by atoms with Crippen LogP contribution >= 0.6 is 12.4 Å². The van der Waals surface area contributed by atoms with Gasteiger partial charge in [0, 0.05) is 6.04 Å². The van der Waals surface area contributed by atoms with Gasteiger partial charge in [-0.2, -0.15) is 0 Å². The topological polar surface area (TPSA) is 63.3 Å². The van der Waals surface area contributed by atoms with Gasteiger partial charge in [-0.3, -0.25) is 4.79 Å². The lowest BCUT2D eigenvalue weighted by molar-refractivity contribution is -0.136. The van der Waals surface area contributed by atoms with E-state index in [2.05, 4.69) is 0 Å². The van der Waals surface area contributed by atoms with Gasteiger partial charge in [0.2, 0.25) is 0 Å². The van der Waals surface area contributed by atoms with Crippen molar-refractivity contribution in [3.63, 3.8) is 0 Å². The number of nitrogens with two attached hydrogens (primary N) is 1. The summed E-state index contributed by atoms with van der Waals surface area (Å²) in [5.41, 5.74) is 6.97. The summed E-state index contributed by atoms with van der Waals surface area (Å²) in [4.78, 5) is 10.2. The lowest BCUT2D eigenvalue weighted by Gasteiger charge is -2.19. The molecule has 3 N–H and O–H groups in total. The summed E-state index contributed by atoms with van der Waals surface area (Å²) in [6, 6.07) is 0.326. The molecule has 0 atom stereocenters. The molecule has 3 nitrogen and oxygen atoms in total. The average molecular weight is 206 g/mol. The highest BCUT2D eigenvalue weighted by atomic mass is 35.5. The first kappa shape index (κ1) is 12.5. The van der Waals surface area contributed by atoms with Crippen LogP contribution in [0, 0.1) is 0 Å². The Bertz CT molecular complexity index is 194. The van der Waals surface area contributed by atoms with Gasteiger partial charge < -0.3 is 10.8 Å². The predicted molar refractivity (Wildman–Crippen MR) is 54.0 cm³/mol. The Morgan fingerprint density at radius 2 is 2.08 bits per heavy atom. The Morgan fingerprint density at radius 1 is 1.54 bits per heavy atom. The normalized spacial score (nSPS) is 21.9. The Kier molecular flexibility index (Phi) is 5.75. The number of carboxylic acid groups (broad SMARTS) is 1. The molecular formula is C9H16ClNO2. The van der Waals surface area contributed by atoms with Crippen LogP contribution in [0.1, 0.15) is 32.1 Å². The number of halogens is 1. The van der Waals surface area contributed by atoms with E-state index < -0.39 is 5.97 Å². The minimum absolute atomic E-state index is 0. The van der Waals surface area contributed by atoms with Crippen LogP contribution in [0.2, 0.25) is 0 Å². The van der Waals surface area contributed by atoms with Crippen LogP contribution in [0.5, 0.6) is 0 Å². The molecule has 1 aliphatic rings. The first-order chi connectivity index (χ1) is 5.68. The second kappa shape index (κ2) is 6.00. The molecule has 13 heavy (non-hydrogen) atoms. The van der Waals surface area contributed by atoms with Crippen molar-refractivity contribution >= 4 is 18.4 Å². The molecule has 1 saturated carbocycles. The Labute approximate surface area is 84.4 Å². The Morgan fingerprint density at radius 3 is 2.54 bits per heavy atom. The number of carboxylic acids is 1. The third kappa shape index (κ3) is 4.90. The van der Waals surface area contributed by atoms with Crippen molar-refractivity contribution in [3.05, 3.63) is 11.6 Å². The summed E-state index contributed by atoms with van der Waals surface area (Å²) < 4.78 is 0. The fourth-order valence-electron chi connectivity index (χ4n) is 1.45. The number of rotatable bonds is 2. The summed E-state index contributed by atoms with van der Waals surface area (Å²) >= 11 is 0. The molecule has 4 heteroatoms. The lowest BCUT2D eigenvalue weighted by Crippen LogP contribution is -2.23. The van der Waals surface area contributed by atoms with Crippen LogP contribution in [0.3, 0.4) is 0 Å². The monoisotopic (exact) mass is 205 g/mol. The van der Waals surface area contributed by atoms with Gasteiger partial charge in [0.05, 0.1) is 6.42 Å². The Balaban J connectivity index is 0.00000144. The molecule has 0 bridgehead atoms. The quantitative estimate of drug-likeness (QED) is 0.675. The SMILES string of the molecule is Cl.NC1CCC(=CCC(=O)O)CC1. The zero-order chi connectivity index (χ0) is 8.97. The molecule has 0 spiro atoms. The van der Waals surface area contributed by atoms with E-state index in [1.165, 1.54) is 5.57 Å². The van der Waals surface area contributed by atoms with E-state index in [0.717, 1.165) is 25.7 Å². The van der Waals surface area contributed by atoms with E-state index in [1.54, 1.807) is 0 Å². The molecule has 1 fully saturated rings. The zero-order valence-corrected chi connectivity index (χ0v) is 8.35. The second-order valence-corrected chi connectivity index (χ2v) is 3.30. The maximum Gasteiger partial charge on any atom is 0.307 e. The molecule has 0 aromatic carbocycles. The maximum atomic E-state index is 10.2. The molecule has 0 saturated heterocycles. The van der Waals surface area contributed by atoms with Crippen LogP contribution < -0.4 is 5.73 Å². The molecule has 76 valence electrons. The van der Waals surface area contributed by atoms with Crippen molar-refractivity contribution in [2.24, 2.45) is 5.73 Å². The van der Waals surface area contributed by atoms with Gasteiger partial charge in [-0.25, -0.2) is 0 Å². The van der Waals surface area contributed by atoms with Gasteiger partial charge in [0.1, 0.15) is 0 Å². The summed E-state index contributed by atoms with van der Waals surface area (Å²) in [7, 11) is 0. The molecular weight excluding hydrogens is 190 g/mol. The van der Waals surface area contributed by atoms with Crippen molar-refractivity contribution in [3.8, 4) is 0 Å². The van der Waals surface area contributed by atoms with E-state index in [-0.39, 0.29) is 18.8 Å². The third-order valence-electron chi connectivity index (χ3n) is 2.24. The molecule has 0 radical (unpaired) electrons. The molecule has 0 aromatic rings. The fraction of sp³-hybridized carbons (Fsp3) is 0.667. The summed E-state index contributed by atoms with van der Waals surface area (Å²) in [6.07, 6.45) is 5.96. The minimum Gasteiger partial charge on any atom is -0.481 e. The van der Waals surface area contributed by atoms with Crippen molar-refractivity contribution in [1.29, 1.82) is 0 Å². The molecule has 1 rings (SSSR count). The molecule has 0 aliphatic heterocycles. The second-order valence-electron chi connectivity index (χ2n) is 3.30. The van der Waals surface area contributed by atoms with Crippen LogP contribution in [-0.2, 0) is 4.79 Å². The molecule has 1 aliphatic carbocycles. The summed E-state index contributed by atoms with van der Waals surface area (Å²) in [6.45, 7) is 0. The third-order valence-corrected chi connectivity index (χ3v) is 2.24. The molecule has 0 heterocycles.